The summed E-state index contributed by atoms with van der Waals surface area (Å²) in [6.07, 6.45) is 9.29. The molecule has 0 radical (unpaired) electrons. The minimum absolute atomic E-state index is 0. The fraction of sp³-hybridized carbons (Fsp3) is 0.440. The summed E-state index contributed by atoms with van der Waals surface area (Å²) in [7, 11) is 2.81. The molecule has 0 aliphatic carbocycles. The van der Waals surface area contributed by atoms with Crippen LogP contribution in [0.2, 0.25) is 0 Å². The fourth-order valence-corrected chi connectivity index (χ4v) is 4.39. The Morgan fingerprint density at radius 1 is 0.733 bits per heavy atom. The number of nitrogens with zero attached hydrogens (tertiary/aromatic N) is 1. The fourth-order valence-electron chi connectivity index (χ4n) is 4.08. The summed E-state index contributed by atoms with van der Waals surface area (Å²) in [5.74, 6) is -0.267. The van der Waals surface area contributed by atoms with Crippen LogP contribution in [0, 0.1) is 13.8 Å². The van der Waals surface area contributed by atoms with Gasteiger partial charge in [-0.1, -0.05) is 56.4 Å². The molecule has 2 amide bonds. The van der Waals surface area contributed by atoms with Crippen LogP contribution in [0.3, 0.4) is 0 Å². The van der Waals surface area contributed by atoms with Crippen molar-refractivity contribution in [3.8, 4) is 0 Å². The van der Waals surface area contributed by atoms with Crippen molar-refractivity contribution in [3.63, 3.8) is 0 Å². The number of hydrogen-bond acceptors (Lipinski definition) is 2. The number of aryl methyl sites for hydroxylation is 1. The molecule has 1 aliphatic heterocycles. The van der Waals surface area contributed by atoms with E-state index in [0.29, 0.717) is 17.7 Å². The third-order valence-corrected chi connectivity index (χ3v) is 6.77. The first-order chi connectivity index (χ1) is 14.0. The average Bonchev–Trinajstić information content (AvgIpc) is 2.97. The van der Waals surface area contributed by atoms with Gasteiger partial charge in [0.2, 0.25) is 0 Å². The summed E-state index contributed by atoms with van der Waals surface area (Å²) >= 11 is 0. The van der Waals surface area contributed by atoms with Crippen molar-refractivity contribution in [2.45, 2.75) is 65.2 Å². The molecule has 2 aromatic carbocycles. The number of benzene rings is 2. The number of halogens is 1. The van der Waals surface area contributed by atoms with Gasteiger partial charge in [-0.05, 0) is 67.2 Å². The summed E-state index contributed by atoms with van der Waals surface area (Å²) in [6, 6.07) is 11.6. The number of carbonyl (C=O) groups excluding carboxylic acids is 2. The first-order valence-electron chi connectivity index (χ1n) is 10.8. The molecule has 1 unspecified atom stereocenters. The average molecular weight is 490 g/mol. The van der Waals surface area contributed by atoms with Crippen LogP contribution in [0.25, 0.3) is 0 Å². The molecule has 0 bridgehead atoms. The van der Waals surface area contributed by atoms with E-state index in [0.717, 1.165) is 19.3 Å². The van der Waals surface area contributed by atoms with Crippen LogP contribution >= 0.6 is 26.2 Å². The van der Waals surface area contributed by atoms with Crippen LogP contribution in [0.4, 0.5) is 0 Å². The van der Waals surface area contributed by atoms with Crippen molar-refractivity contribution in [2.24, 2.45) is 0 Å². The Bertz CT molecular complexity index is 862. The molecule has 5 heteroatoms. The maximum atomic E-state index is 12.3. The summed E-state index contributed by atoms with van der Waals surface area (Å²) < 4.78 is 0. The molecule has 162 valence electrons. The van der Waals surface area contributed by atoms with Gasteiger partial charge in [-0.15, -0.1) is 26.2 Å². The topological polar surface area (TPSA) is 37.4 Å². The highest BCUT2D eigenvalue weighted by Crippen LogP contribution is 2.23. The lowest BCUT2D eigenvalue weighted by atomic mass is 9.98. The standard InChI is InChI=1S/C25H32NO2P.BrH/c1-18-19(2)23(29)16-15-20(18)12-8-6-4-3-5-7-11-17-26-24(27)21-13-9-10-14-22(21)25(26)28;/h9-10,13-16H,3-8,11-12,17,29H2,1-2H3;1H. The van der Waals surface area contributed by atoms with E-state index in [1.165, 1.54) is 59.0 Å². The second-order valence-corrected chi connectivity index (χ2v) is 8.72. The highest BCUT2D eigenvalue weighted by molar-refractivity contribution is 8.93. The number of carbonyl (C=O) groups is 2. The van der Waals surface area contributed by atoms with E-state index in [1.807, 2.05) is 12.1 Å². The number of imide groups is 1. The van der Waals surface area contributed by atoms with Crippen molar-refractivity contribution in [3.05, 3.63) is 64.2 Å². The molecule has 0 N–H and O–H groups in total. The highest BCUT2D eigenvalue weighted by atomic mass is 79.9. The lowest BCUT2D eigenvalue weighted by Gasteiger charge is -2.13. The molecule has 0 fully saturated rings. The molecule has 1 heterocycles. The van der Waals surface area contributed by atoms with E-state index < -0.39 is 0 Å². The Balaban J connectivity index is 0.00000320. The van der Waals surface area contributed by atoms with Crippen LogP contribution in [0.5, 0.6) is 0 Å². The summed E-state index contributed by atoms with van der Waals surface area (Å²) in [4.78, 5) is 26.1. The minimum Gasteiger partial charge on any atom is -0.274 e. The minimum atomic E-state index is -0.133. The summed E-state index contributed by atoms with van der Waals surface area (Å²) in [6.45, 7) is 4.96. The Morgan fingerprint density at radius 2 is 1.27 bits per heavy atom. The molecule has 0 spiro atoms. The molecule has 1 atom stereocenters. The number of unbranched alkanes of at least 4 members (excludes halogenated alkanes) is 6. The number of fused-ring (bicyclic) bond motifs is 1. The van der Waals surface area contributed by atoms with Crippen LogP contribution in [-0.4, -0.2) is 23.3 Å². The Morgan fingerprint density at radius 3 is 1.87 bits per heavy atom. The molecule has 30 heavy (non-hydrogen) atoms. The van der Waals surface area contributed by atoms with Gasteiger partial charge in [-0.25, -0.2) is 0 Å². The van der Waals surface area contributed by atoms with Crippen LogP contribution < -0.4 is 5.30 Å². The largest absolute Gasteiger partial charge is 0.274 e. The highest BCUT2D eigenvalue weighted by Gasteiger charge is 2.34. The molecule has 3 nitrogen and oxygen atoms in total. The molecule has 1 aliphatic rings. The van der Waals surface area contributed by atoms with E-state index in [-0.39, 0.29) is 28.8 Å². The van der Waals surface area contributed by atoms with E-state index in [2.05, 4.69) is 35.2 Å². The second-order valence-electron chi connectivity index (χ2n) is 8.10. The lowest BCUT2D eigenvalue weighted by molar-refractivity contribution is 0.0651. The van der Waals surface area contributed by atoms with E-state index in [4.69, 9.17) is 0 Å². The van der Waals surface area contributed by atoms with Gasteiger partial charge in [-0.3, -0.25) is 14.5 Å². The second kappa shape index (κ2) is 11.8. The van der Waals surface area contributed by atoms with Gasteiger partial charge in [-0.2, -0.15) is 0 Å². The van der Waals surface area contributed by atoms with Crippen molar-refractivity contribution in [2.75, 3.05) is 6.54 Å². The Kier molecular flexibility index (Phi) is 9.71. The zero-order chi connectivity index (χ0) is 20.8. The molecule has 0 saturated carbocycles. The van der Waals surface area contributed by atoms with Crippen LogP contribution in [0.15, 0.2) is 36.4 Å². The van der Waals surface area contributed by atoms with E-state index >= 15 is 0 Å². The quantitative estimate of drug-likeness (QED) is 0.235. The molecule has 3 rings (SSSR count). The number of amides is 2. The molecular weight excluding hydrogens is 457 g/mol. The first-order valence-corrected chi connectivity index (χ1v) is 11.4. The van der Waals surface area contributed by atoms with Crippen molar-refractivity contribution in [1.29, 1.82) is 0 Å². The van der Waals surface area contributed by atoms with Gasteiger partial charge in [0.25, 0.3) is 11.8 Å². The number of rotatable bonds is 10. The molecule has 2 aromatic rings. The van der Waals surface area contributed by atoms with Crippen molar-refractivity contribution in [1.82, 2.24) is 4.90 Å². The van der Waals surface area contributed by atoms with E-state index in [1.54, 1.807) is 12.1 Å². The zero-order valence-corrected chi connectivity index (χ0v) is 20.9. The summed E-state index contributed by atoms with van der Waals surface area (Å²) in [5.41, 5.74) is 5.41. The molecular formula is C25H33BrNO2P. The van der Waals surface area contributed by atoms with Gasteiger partial charge in [0.1, 0.15) is 0 Å². The SMILES string of the molecule is Br.Cc1c(P)ccc(CCCCCCCCCN2C(=O)c3ccccc3C2=O)c1C. The predicted molar refractivity (Wildman–Crippen MR) is 133 cm³/mol. The third-order valence-electron chi connectivity index (χ3n) is 6.15. The lowest BCUT2D eigenvalue weighted by Crippen LogP contribution is -2.30. The van der Waals surface area contributed by atoms with Gasteiger partial charge in [0.05, 0.1) is 11.1 Å². The predicted octanol–water partition coefficient (Wildman–Crippen LogP) is 5.95. The Labute approximate surface area is 193 Å². The van der Waals surface area contributed by atoms with Gasteiger partial charge < -0.3 is 0 Å². The maximum Gasteiger partial charge on any atom is 0.261 e. The van der Waals surface area contributed by atoms with Crippen molar-refractivity contribution >= 4 is 43.3 Å². The zero-order valence-electron chi connectivity index (χ0n) is 18.1. The normalized spacial score (nSPS) is 12.8. The van der Waals surface area contributed by atoms with Crippen LogP contribution in [0.1, 0.15) is 82.4 Å². The maximum absolute atomic E-state index is 12.3. The van der Waals surface area contributed by atoms with Gasteiger partial charge in [0, 0.05) is 6.54 Å². The number of hydrogen-bond donors (Lipinski definition) is 0. The van der Waals surface area contributed by atoms with E-state index in [9.17, 15) is 9.59 Å². The molecule has 0 saturated heterocycles. The molecule has 0 aromatic heterocycles. The van der Waals surface area contributed by atoms with Crippen LogP contribution in [-0.2, 0) is 6.42 Å². The summed E-state index contributed by atoms with van der Waals surface area (Å²) in [5, 5.41) is 1.30. The Hall–Kier alpha value is -1.51. The van der Waals surface area contributed by atoms with Gasteiger partial charge in [0.15, 0.2) is 0 Å². The monoisotopic (exact) mass is 489 g/mol. The first kappa shape index (κ1) is 24.8. The smallest absolute Gasteiger partial charge is 0.261 e. The van der Waals surface area contributed by atoms with Crippen molar-refractivity contribution < 1.29 is 9.59 Å². The third kappa shape index (κ3) is 5.80. The van der Waals surface area contributed by atoms with Gasteiger partial charge >= 0.3 is 0 Å².